The maximum absolute atomic E-state index is 12.6. The summed E-state index contributed by atoms with van der Waals surface area (Å²) >= 11 is 13.4. The van der Waals surface area contributed by atoms with Crippen LogP contribution in [0.15, 0.2) is 61.4 Å². The second-order valence-electron chi connectivity index (χ2n) is 5.19. The Morgan fingerprint density at radius 2 is 2.00 bits per heavy atom. The maximum Gasteiger partial charge on any atom is 0.286 e. The molecule has 0 N–H and O–H groups in total. The Kier molecular flexibility index (Phi) is 6.29. The number of methoxy groups -OCH3 is 1. The van der Waals surface area contributed by atoms with Gasteiger partial charge in [-0.3, -0.25) is 4.79 Å². The molecular weight excluding hydrogens is 500 g/mol. The Morgan fingerprint density at radius 3 is 2.69 bits per heavy atom. The van der Waals surface area contributed by atoms with Crippen molar-refractivity contribution in [1.82, 2.24) is 5.01 Å². The van der Waals surface area contributed by atoms with Gasteiger partial charge in [0, 0.05) is 4.47 Å². The molecule has 0 aliphatic carbocycles. The number of halogens is 2. The number of thioether (sulfide) groups is 1. The smallest absolute Gasteiger partial charge is 0.286 e. The van der Waals surface area contributed by atoms with E-state index < -0.39 is 0 Å². The van der Waals surface area contributed by atoms with E-state index >= 15 is 0 Å². The lowest BCUT2D eigenvalue weighted by atomic mass is 10.2. The van der Waals surface area contributed by atoms with Gasteiger partial charge in [-0.2, -0.15) is 10.1 Å². The van der Waals surface area contributed by atoms with E-state index in [-0.39, 0.29) is 5.91 Å². The van der Waals surface area contributed by atoms with Crippen molar-refractivity contribution in [2.45, 2.75) is 0 Å². The van der Waals surface area contributed by atoms with Crippen LogP contribution in [0.1, 0.15) is 11.1 Å². The minimum absolute atomic E-state index is 0.233. The van der Waals surface area contributed by atoms with Gasteiger partial charge in [-0.15, -0.1) is 0 Å². The third-order valence-electron chi connectivity index (χ3n) is 3.42. The molecule has 1 aliphatic rings. The molecule has 2 aromatic carbocycles. The van der Waals surface area contributed by atoms with Crippen molar-refractivity contribution in [3.05, 3.63) is 67.4 Å². The molecule has 1 fully saturated rings. The summed E-state index contributed by atoms with van der Waals surface area (Å²) in [6.07, 6.45) is 3.40. The van der Waals surface area contributed by atoms with Crippen molar-refractivity contribution in [3.8, 4) is 5.75 Å². The van der Waals surface area contributed by atoms with Crippen molar-refractivity contribution in [2.24, 2.45) is 5.10 Å². The van der Waals surface area contributed by atoms with Crippen LogP contribution in [0, 0.1) is 0 Å². The van der Waals surface area contributed by atoms with E-state index in [1.54, 1.807) is 13.3 Å². The van der Waals surface area contributed by atoms with Gasteiger partial charge < -0.3 is 4.74 Å². The summed E-state index contributed by atoms with van der Waals surface area (Å²) < 4.78 is 7.36. The highest BCUT2D eigenvalue weighted by atomic mass is 79.9. The molecular formula is C18H12Br2N2O2S2. The zero-order valence-electron chi connectivity index (χ0n) is 13.5. The van der Waals surface area contributed by atoms with Gasteiger partial charge in [-0.1, -0.05) is 39.8 Å². The summed E-state index contributed by atoms with van der Waals surface area (Å²) in [5.74, 6) is 0.494. The second kappa shape index (κ2) is 8.47. The molecule has 0 aromatic heterocycles. The third-order valence-corrected chi connectivity index (χ3v) is 5.81. The lowest BCUT2D eigenvalue weighted by molar-refractivity contribution is -0.122. The summed E-state index contributed by atoms with van der Waals surface area (Å²) in [5.41, 5.74) is 1.74. The Balaban J connectivity index is 1.80. The molecule has 1 saturated heterocycles. The average molecular weight is 512 g/mol. The van der Waals surface area contributed by atoms with E-state index in [1.807, 2.05) is 48.5 Å². The molecule has 1 amide bonds. The normalized spacial score (nSPS) is 16.1. The number of ether oxygens (including phenoxy) is 1. The minimum atomic E-state index is -0.233. The first kappa shape index (κ1) is 19.3. The van der Waals surface area contributed by atoms with E-state index in [9.17, 15) is 4.79 Å². The molecule has 0 atom stereocenters. The largest absolute Gasteiger partial charge is 0.496 e. The first-order valence-corrected chi connectivity index (χ1v) is 10.2. The van der Waals surface area contributed by atoms with Crippen molar-refractivity contribution >= 4 is 78.4 Å². The molecule has 3 rings (SSSR count). The van der Waals surface area contributed by atoms with Gasteiger partial charge in [0.25, 0.3) is 5.91 Å². The molecule has 0 bridgehead atoms. The highest BCUT2D eigenvalue weighted by Crippen LogP contribution is 2.33. The standard InChI is InChI=1S/C18H12Br2N2O2S2/c1-24-15-6-5-12(8-14(15)20)10-21-22-17(23)16(26-18(22)25)9-11-3-2-4-13(19)7-11/h2-10H,1H3/b16-9-,21-10-. The van der Waals surface area contributed by atoms with Crippen LogP contribution in [0.5, 0.6) is 5.75 Å². The number of hydrogen-bond donors (Lipinski definition) is 0. The maximum atomic E-state index is 12.6. The Bertz CT molecular complexity index is 945. The van der Waals surface area contributed by atoms with E-state index in [2.05, 4.69) is 37.0 Å². The molecule has 0 radical (unpaired) electrons. The Morgan fingerprint density at radius 1 is 1.19 bits per heavy atom. The topological polar surface area (TPSA) is 41.9 Å². The van der Waals surface area contributed by atoms with Crippen molar-refractivity contribution in [1.29, 1.82) is 0 Å². The zero-order valence-corrected chi connectivity index (χ0v) is 18.3. The number of amides is 1. The number of rotatable bonds is 4. The SMILES string of the molecule is COc1ccc(/C=N\N2C(=O)/C(=C/c3cccc(Br)c3)SC2=S)cc1Br. The molecule has 1 aliphatic heterocycles. The summed E-state index contributed by atoms with van der Waals surface area (Å²) in [7, 11) is 1.60. The fourth-order valence-electron chi connectivity index (χ4n) is 2.19. The lowest BCUT2D eigenvalue weighted by Crippen LogP contribution is -2.22. The average Bonchev–Trinajstić information content (AvgIpc) is 2.87. The molecule has 8 heteroatoms. The molecule has 0 unspecified atom stereocenters. The summed E-state index contributed by atoms with van der Waals surface area (Å²) in [5, 5.41) is 5.48. The molecule has 26 heavy (non-hydrogen) atoms. The van der Waals surface area contributed by atoms with Gasteiger partial charge in [0.1, 0.15) is 5.75 Å². The third kappa shape index (κ3) is 4.43. The molecule has 4 nitrogen and oxygen atoms in total. The number of carbonyl (C=O) groups excluding carboxylic acids is 1. The van der Waals surface area contributed by atoms with E-state index in [0.717, 1.165) is 25.8 Å². The van der Waals surface area contributed by atoms with E-state index in [1.165, 1.54) is 16.8 Å². The van der Waals surface area contributed by atoms with E-state index in [4.69, 9.17) is 17.0 Å². The molecule has 0 spiro atoms. The molecule has 1 heterocycles. The number of hydrazone groups is 1. The minimum Gasteiger partial charge on any atom is -0.496 e. The number of thiocarbonyl (C=S) groups is 1. The van der Waals surface area contributed by atoms with Crippen LogP contribution in [0.2, 0.25) is 0 Å². The van der Waals surface area contributed by atoms with Crippen LogP contribution in [-0.4, -0.2) is 28.6 Å². The van der Waals surface area contributed by atoms with Crippen molar-refractivity contribution in [3.63, 3.8) is 0 Å². The van der Waals surface area contributed by atoms with Gasteiger partial charge in [0.2, 0.25) is 0 Å². The van der Waals surface area contributed by atoms with Gasteiger partial charge in [-0.25, -0.2) is 0 Å². The number of nitrogens with zero attached hydrogens (tertiary/aromatic N) is 2. The van der Waals surface area contributed by atoms with Crippen LogP contribution >= 0.6 is 55.8 Å². The van der Waals surface area contributed by atoms with Crippen molar-refractivity contribution < 1.29 is 9.53 Å². The molecule has 2 aromatic rings. The Hall–Kier alpha value is -1.48. The van der Waals surface area contributed by atoms with Gasteiger partial charge in [0.05, 0.1) is 22.7 Å². The quantitative estimate of drug-likeness (QED) is 0.310. The molecule has 132 valence electrons. The highest BCUT2D eigenvalue weighted by Gasteiger charge is 2.32. The van der Waals surface area contributed by atoms with Gasteiger partial charge >= 0.3 is 0 Å². The summed E-state index contributed by atoms with van der Waals surface area (Å²) in [4.78, 5) is 13.1. The summed E-state index contributed by atoms with van der Waals surface area (Å²) in [6, 6.07) is 13.2. The fourth-order valence-corrected chi connectivity index (χ4v) is 4.34. The second-order valence-corrected chi connectivity index (χ2v) is 8.63. The van der Waals surface area contributed by atoms with Gasteiger partial charge in [0.15, 0.2) is 4.32 Å². The first-order valence-electron chi connectivity index (χ1n) is 7.39. The first-order chi connectivity index (χ1) is 12.5. The van der Waals surface area contributed by atoms with Crippen LogP contribution in [0.4, 0.5) is 0 Å². The monoisotopic (exact) mass is 510 g/mol. The number of hydrogen-bond acceptors (Lipinski definition) is 5. The van der Waals surface area contributed by atoms with Crippen LogP contribution in [0.25, 0.3) is 6.08 Å². The van der Waals surface area contributed by atoms with Crippen LogP contribution in [-0.2, 0) is 4.79 Å². The zero-order chi connectivity index (χ0) is 18.7. The predicted molar refractivity (Wildman–Crippen MR) is 117 cm³/mol. The van der Waals surface area contributed by atoms with Gasteiger partial charge in [-0.05, 0) is 75.7 Å². The summed E-state index contributed by atoms with van der Waals surface area (Å²) in [6.45, 7) is 0. The highest BCUT2D eigenvalue weighted by molar-refractivity contribution is 9.10. The van der Waals surface area contributed by atoms with Crippen LogP contribution in [0.3, 0.4) is 0 Å². The number of carbonyl (C=O) groups is 1. The Labute approximate surface area is 177 Å². The fraction of sp³-hybridized carbons (Fsp3) is 0.0556. The van der Waals surface area contributed by atoms with Crippen molar-refractivity contribution in [2.75, 3.05) is 7.11 Å². The predicted octanol–water partition coefficient (Wildman–Crippen LogP) is 5.46. The lowest BCUT2D eigenvalue weighted by Gasteiger charge is -2.07. The van der Waals surface area contributed by atoms with E-state index in [0.29, 0.717) is 9.23 Å². The van der Waals surface area contributed by atoms with Crippen LogP contribution < -0.4 is 4.74 Å². The molecule has 0 saturated carbocycles. The number of benzene rings is 2.